The largest absolute Gasteiger partial charge is 0.510 e. The van der Waals surface area contributed by atoms with Gasteiger partial charge in [0.15, 0.2) is 0 Å². The zero-order valence-electron chi connectivity index (χ0n) is 5.22. The Balaban J connectivity index is 2.64. The third-order valence-electron chi connectivity index (χ3n) is 1.36. The maximum Gasteiger partial charge on any atom is 0.248 e. The molecule has 1 rings (SSSR count). The molecule has 9 heavy (non-hydrogen) atoms. The molecule has 3 heteroatoms. The van der Waals surface area contributed by atoms with Crippen molar-refractivity contribution >= 4 is 5.91 Å². The molecule has 0 saturated heterocycles. The number of aliphatic hydroxyl groups excluding tert-OH is 1. The van der Waals surface area contributed by atoms with Crippen molar-refractivity contribution < 1.29 is 9.90 Å². The number of aliphatic hydroxyl groups is 1. The van der Waals surface area contributed by atoms with Crippen molar-refractivity contribution in [2.45, 2.75) is 19.4 Å². The zero-order valence-corrected chi connectivity index (χ0v) is 5.22. The number of hydrogen-bond acceptors (Lipinski definition) is 2. The molecule has 0 aromatic rings. The maximum atomic E-state index is 10.5. The van der Waals surface area contributed by atoms with Gasteiger partial charge in [0.2, 0.25) is 5.91 Å². The van der Waals surface area contributed by atoms with Crippen LogP contribution in [-0.4, -0.2) is 17.1 Å². The topological polar surface area (TPSA) is 49.3 Å². The number of amides is 1. The zero-order chi connectivity index (χ0) is 6.85. The Hall–Kier alpha value is -0.990. The molecule has 3 nitrogen and oxygen atoms in total. The number of nitrogens with one attached hydrogen (secondary N) is 1. The highest BCUT2D eigenvalue weighted by Gasteiger charge is 2.20. The molecule has 1 aliphatic rings. The highest BCUT2D eigenvalue weighted by Crippen LogP contribution is 2.07. The molecular formula is C6H9NO2. The van der Waals surface area contributed by atoms with Crippen LogP contribution >= 0.6 is 0 Å². The predicted octanol–water partition coefficient (Wildman–Crippen LogP) is 0.337. The fourth-order valence-electron chi connectivity index (χ4n) is 0.833. The molecule has 2 N–H and O–H groups in total. The molecular weight excluding hydrogens is 118 g/mol. The summed E-state index contributed by atoms with van der Waals surface area (Å²) in [7, 11) is 0. The number of carbonyl (C=O) groups excluding carboxylic acids is 1. The summed E-state index contributed by atoms with van der Waals surface area (Å²) in [5.74, 6) is -0.0400. The van der Waals surface area contributed by atoms with Gasteiger partial charge in [-0.15, -0.1) is 0 Å². The summed E-state index contributed by atoms with van der Waals surface area (Å²) < 4.78 is 0. The van der Waals surface area contributed by atoms with Crippen molar-refractivity contribution in [3.63, 3.8) is 0 Å². The minimum Gasteiger partial charge on any atom is -0.510 e. The third kappa shape index (κ3) is 1.04. The molecule has 1 heterocycles. The number of carbonyl (C=O) groups is 1. The monoisotopic (exact) mass is 127 g/mol. The molecule has 1 aliphatic heterocycles. The molecule has 0 aromatic heterocycles. The Kier molecular flexibility index (Phi) is 1.42. The second-order valence-corrected chi connectivity index (χ2v) is 2.04. The quantitative estimate of drug-likeness (QED) is 0.533. The van der Waals surface area contributed by atoms with Gasteiger partial charge in [0.1, 0.15) is 5.76 Å². The summed E-state index contributed by atoms with van der Waals surface area (Å²) in [5.41, 5.74) is 0. The molecule has 0 aliphatic carbocycles. The van der Waals surface area contributed by atoms with Gasteiger partial charge >= 0.3 is 0 Å². The lowest BCUT2D eigenvalue weighted by atomic mass is 10.2. The van der Waals surface area contributed by atoms with Gasteiger partial charge in [-0.1, -0.05) is 6.92 Å². The van der Waals surface area contributed by atoms with Crippen LogP contribution in [0.2, 0.25) is 0 Å². The summed E-state index contributed by atoms with van der Waals surface area (Å²) >= 11 is 0. The van der Waals surface area contributed by atoms with E-state index in [-0.39, 0.29) is 17.7 Å². The molecule has 0 bridgehead atoms. The van der Waals surface area contributed by atoms with Crippen molar-refractivity contribution in [3.05, 3.63) is 11.8 Å². The van der Waals surface area contributed by atoms with Crippen LogP contribution in [0, 0.1) is 0 Å². The normalized spacial score (nSPS) is 25.7. The fourth-order valence-corrected chi connectivity index (χ4v) is 0.833. The lowest BCUT2D eigenvalue weighted by Crippen LogP contribution is -2.27. The van der Waals surface area contributed by atoms with Crippen LogP contribution in [0.1, 0.15) is 13.3 Å². The Bertz CT molecular complexity index is 162. The molecule has 0 fully saturated rings. The summed E-state index contributed by atoms with van der Waals surface area (Å²) in [6.45, 7) is 1.90. The molecule has 1 amide bonds. The second kappa shape index (κ2) is 2.09. The fraction of sp³-hybridized carbons (Fsp3) is 0.500. The molecule has 0 unspecified atom stereocenters. The van der Waals surface area contributed by atoms with Gasteiger partial charge in [-0.25, -0.2) is 0 Å². The first-order valence-electron chi connectivity index (χ1n) is 2.95. The minimum absolute atomic E-state index is 0.141. The van der Waals surface area contributed by atoms with Gasteiger partial charge in [-0.3, -0.25) is 4.79 Å². The third-order valence-corrected chi connectivity index (χ3v) is 1.36. The van der Waals surface area contributed by atoms with E-state index in [9.17, 15) is 4.79 Å². The van der Waals surface area contributed by atoms with Gasteiger partial charge in [0.05, 0.1) is 6.04 Å². The van der Waals surface area contributed by atoms with Gasteiger partial charge < -0.3 is 10.4 Å². The second-order valence-electron chi connectivity index (χ2n) is 2.04. The van der Waals surface area contributed by atoms with Gasteiger partial charge in [0, 0.05) is 6.08 Å². The van der Waals surface area contributed by atoms with E-state index in [0.29, 0.717) is 0 Å². The van der Waals surface area contributed by atoms with Crippen molar-refractivity contribution in [2.24, 2.45) is 0 Å². The predicted molar refractivity (Wildman–Crippen MR) is 32.9 cm³/mol. The van der Waals surface area contributed by atoms with E-state index in [1.165, 1.54) is 6.08 Å². The van der Waals surface area contributed by atoms with Crippen molar-refractivity contribution in [1.29, 1.82) is 0 Å². The molecule has 1 atom stereocenters. The molecule has 50 valence electrons. The van der Waals surface area contributed by atoms with Crippen molar-refractivity contribution in [3.8, 4) is 0 Å². The van der Waals surface area contributed by atoms with E-state index >= 15 is 0 Å². The molecule has 0 aromatic carbocycles. The Morgan fingerprint density at radius 3 is 2.78 bits per heavy atom. The Labute approximate surface area is 53.4 Å². The van der Waals surface area contributed by atoms with Crippen LogP contribution in [0.3, 0.4) is 0 Å². The van der Waals surface area contributed by atoms with Crippen molar-refractivity contribution in [2.75, 3.05) is 0 Å². The summed E-state index contributed by atoms with van der Waals surface area (Å²) in [6, 6.07) is -0.141. The summed E-state index contributed by atoms with van der Waals surface area (Å²) in [6.07, 6.45) is 1.96. The van der Waals surface area contributed by atoms with E-state index < -0.39 is 0 Å². The van der Waals surface area contributed by atoms with Crippen LogP contribution in [0.5, 0.6) is 0 Å². The lowest BCUT2D eigenvalue weighted by molar-refractivity contribution is -0.116. The SMILES string of the molecule is CC[C@H]1NC(=O)C=C1O. The van der Waals surface area contributed by atoms with Gasteiger partial charge in [0.25, 0.3) is 0 Å². The highest BCUT2D eigenvalue weighted by atomic mass is 16.3. The van der Waals surface area contributed by atoms with Crippen LogP contribution < -0.4 is 5.32 Å². The van der Waals surface area contributed by atoms with E-state index in [1.807, 2.05) is 6.92 Å². The first-order valence-corrected chi connectivity index (χ1v) is 2.95. The average molecular weight is 127 g/mol. The first kappa shape index (κ1) is 6.13. The van der Waals surface area contributed by atoms with E-state index in [1.54, 1.807) is 0 Å². The van der Waals surface area contributed by atoms with E-state index in [2.05, 4.69) is 5.32 Å². The van der Waals surface area contributed by atoms with E-state index in [0.717, 1.165) is 6.42 Å². The Morgan fingerprint density at radius 1 is 1.89 bits per heavy atom. The van der Waals surface area contributed by atoms with Gasteiger partial charge in [-0.2, -0.15) is 0 Å². The Morgan fingerprint density at radius 2 is 2.56 bits per heavy atom. The highest BCUT2D eigenvalue weighted by molar-refractivity contribution is 5.91. The van der Waals surface area contributed by atoms with Gasteiger partial charge in [-0.05, 0) is 6.42 Å². The average Bonchev–Trinajstić information content (AvgIpc) is 2.10. The molecule has 0 saturated carbocycles. The van der Waals surface area contributed by atoms with E-state index in [4.69, 9.17) is 5.11 Å². The lowest BCUT2D eigenvalue weighted by Gasteiger charge is -2.05. The number of rotatable bonds is 1. The molecule has 0 radical (unpaired) electrons. The summed E-state index contributed by atoms with van der Waals surface area (Å²) in [4.78, 5) is 10.5. The first-order chi connectivity index (χ1) is 4.24. The van der Waals surface area contributed by atoms with Crippen LogP contribution in [0.4, 0.5) is 0 Å². The smallest absolute Gasteiger partial charge is 0.248 e. The summed E-state index contributed by atoms with van der Waals surface area (Å²) in [5, 5.41) is 11.5. The van der Waals surface area contributed by atoms with Crippen LogP contribution in [0.15, 0.2) is 11.8 Å². The molecule has 0 spiro atoms. The maximum absolute atomic E-state index is 10.5. The minimum atomic E-state index is -0.195. The standard InChI is InChI=1S/C6H9NO2/c1-2-4-5(8)3-6(9)7-4/h3-4,8H,2H2,1H3,(H,7,9)/t4-/m1/s1. The van der Waals surface area contributed by atoms with Crippen LogP contribution in [-0.2, 0) is 4.79 Å². The van der Waals surface area contributed by atoms with Crippen LogP contribution in [0.25, 0.3) is 0 Å². The van der Waals surface area contributed by atoms with Crippen molar-refractivity contribution in [1.82, 2.24) is 5.32 Å². The number of hydrogen-bond donors (Lipinski definition) is 2.